The van der Waals surface area contributed by atoms with Crippen LogP contribution in [0, 0.1) is 0 Å². The number of primary amides is 1. The monoisotopic (exact) mass is 279 g/mol. The van der Waals surface area contributed by atoms with Crippen molar-refractivity contribution in [2.75, 3.05) is 0 Å². The van der Waals surface area contributed by atoms with Gasteiger partial charge in [0.05, 0.1) is 12.5 Å². The number of nitrogens with two attached hydrogens (primary N) is 2. The predicted molar refractivity (Wildman–Crippen MR) is 75.8 cm³/mol. The van der Waals surface area contributed by atoms with E-state index in [1.54, 1.807) is 12.1 Å². The zero-order chi connectivity index (χ0) is 15.1. The zero-order valence-corrected chi connectivity index (χ0v) is 11.5. The lowest BCUT2D eigenvalue weighted by Crippen LogP contribution is -2.46. The van der Waals surface area contributed by atoms with E-state index >= 15 is 0 Å². The second-order valence-electron chi connectivity index (χ2n) is 4.89. The zero-order valence-electron chi connectivity index (χ0n) is 11.5. The molecule has 0 saturated carbocycles. The lowest BCUT2D eigenvalue weighted by atomic mass is 10.1. The van der Waals surface area contributed by atoms with Crippen molar-refractivity contribution in [3.63, 3.8) is 0 Å². The van der Waals surface area contributed by atoms with Crippen LogP contribution in [0.25, 0.3) is 0 Å². The van der Waals surface area contributed by atoms with Crippen molar-refractivity contribution in [2.45, 2.75) is 38.3 Å². The van der Waals surface area contributed by atoms with Crippen molar-refractivity contribution >= 4 is 11.8 Å². The summed E-state index contributed by atoms with van der Waals surface area (Å²) in [5, 5.41) is 11.9. The number of aromatic hydroxyl groups is 1. The molecule has 0 spiro atoms. The Kier molecular flexibility index (Phi) is 5.99. The summed E-state index contributed by atoms with van der Waals surface area (Å²) in [6.07, 6.45) is 1.35. The molecule has 6 N–H and O–H groups in total. The number of aryl methyl sites for hydroxylation is 1. The van der Waals surface area contributed by atoms with Gasteiger partial charge in [0.25, 0.3) is 0 Å². The van der Waals surface area contributed by atoms with Crippen LogP contribution in [-0.2, 0) is 16.0 Å². The average molecular weight is 279 g/mol. The third kappa shape index (κ3) is 5.71. The van der Waals surface area contributed by atoms with Crippen LogP contribution >= 0.6 is 0 Å². The van der Waals surface area contributed by atoms with Crippen LogP contribution in [0.4, 0.5) is 0 Å². The first-order valence-electron chi connectivity index (χ1n) is 6.50. The van der Waals surface area contributed by atoms with E-state index < -0.39 is 11.9 Å². The number of carbonyl (C=O) groups excluding carboxylic acids is 2. The molecule has 0 aliphatic rings. The van der Waals surface area contributed by atoms with Gasteiger partial charge in [-0.15, -0.1) is 0 Å². The van der Waals surface area contributed by atoms with Crippen molar-refractivity contribution in [2.24, 2.45) is 11.5 Å². The maximum atomic E-state index is 11.7. The van der Waals surface area contributed by atoms with Crippen LogP contribution < -0.4 is 16.8 Å². The third-order valence-corrected chi connectivity index (χ3v) is 2.95. The maximum absolute atomic E-state index is 11.7. The molecule has 1 aromatic carbocycles. The number of nitrogens with one attached hydrogen (secondary N) is 1. The number of hydrogen-bond acceptors (Lipinski definition) is 4. The molecule has 6 heteroatoms. The highest BCUT2D eigenvalue weighted by atomic mass is 16.3. The van der Waals surface area contributed by atoms with Crippen molar-refractivity contribution in [3.8, 4) is 5.75 Å². The molecule has 2 unspecified atom stereocenters. The van der Waals surface area contributed by atoms with Gasteiger partial charge in [0.1, 0.15) is 5.75 Å². The lowest BCUT2D eigenvalue weighted by Gasteiger charge is -2.16. The Bertz CT molecular complexity index is 459. The Balaban J connectivity index is 2.36. The molecular formula is C14H21N3O3. The highest BCUT2D eigenvalue weighted by Crippen LogP contribution is 2.11. The number of hydrogen-bond donors (Lipinski definition) is 4. The van der Waals surface area contributed by atoms with Gasteiger partial charge in [0, 0.05) is 6.04 Å². The summed E-state index contributed by atoms with van der Waals surface area (Å²) in [6, 6.07) is 5.97. The van der Waals surface area contributed by atoms with E-state index in [2.05, 4.69) is 5.32 Å². The van der Waals surface area contributed by atoms with Crippen molar-refractivity contribution in [1.82, 2.24) is 5.32 Å². The molecule has 6 nitrogen and oxygen atoms in total. The maximum Gasteiger partial charge on any atom is 0.237 e. The molecular weight excluding hydrogens is 258 g/mol. The van der Waals surface area contributed by atoms with Crippen molar-refractivity contribution < 1.29 is 14.7 Å². The highest BCUT2D eigenvalue weighted by molar-refractivity contribution is 5.87. The van der Waals surface area contributed by atoms with E-state index in [1.165, 1.54) is 0 Å². The first-order valence-corrected chi connectivity index (χ1v) is 6.50. The minimum Gasteiger partial charge on any atom is -0.508 e. The first kappa shape index (κ1) is 16.0. The summed E-state index contributed by atoms with van der Waals surface area (Å²) in [5.74, 6) is -0.737. The topological polar surface area (TPSA) is 118 Å². The summed E-state index contributed by atoms with van der Waals surface area (Å²) in [4.78, 5) is 22.3. The fraction of sp³-hybridized carbons (Fsp3) is 0.429. The SMILES string of the molecule is CC(CCc1ccc(O)cc1)NC(=O)C(N)CC(N)=O. The Morgan fingerprint density at radius 3 is 2.45 bits per heavy atom. The minimum atomic E-state index is -0.899. The summed E-state index contributed by atoms with van der Waals surface area (Å²) in [6.45, 7) is 1.87. The molecule has 0 saturated heterocycles. The molecule has 0 radical (unpaired) electrons. The molecule has 2 amide bonds. The molecule has 0 aliphatic carbocycles. The highest BCUT2D eigenvalue weighted by Gasteiger charge is 2.17. The largest absolute Gasteiger partial charge is 0.508 e. The van der Waals surface area contributed by atoms with Gasteiger partial charge in [-0.3, -0.25) is 9.59 Å². The van der Waals surface area contributed by atoms with Crippen molar-refractivity contribution in [3.05, 3.63) is 29.8 Å². The number of phenolic OH excluding ortho intramolecular Hbond substituents is 1. The molecule has 1 rings (SSSR count). The standard InChI is InChI=1S/C14H21N3O3/c1-9(17-14(20)12(15)8-13(16)19)2-3-10-4-6-11(18)7-5-10/h4-7,9,12,18H,2-3,8,15H2,1H3,(H2,16,19)(H,17,20). The van der Waals surface area contributed by atoms with Gasteiger partial charge in [-0.25, -0.2) is 0 Å². The minimum absolute atomic E-state index is 0.0600. The summed E-state index contributed by atoms with van der Waals surface area (Å²) < 4.78 is 0. The Morgan fingerprint density at radius 2 is 1.90 bits per heavy atom. The number of benzene rings is 1. The second kappa shape index (κ2) is 7.49. The van der Waals surface area contributed by atoms with Crippen LogP contribution in [0.2, 0.25) is 0 Å². The predicted octanol–water partition coefficient (Wildman–Crippen LogP) is 0.0322. The first-order chi connectivity index (χ1) is 9.38. The molecule has 0 aromatic heterocycles. The Labute approximate surface area is 118 Å². The van der Waals surface area contributed by atoms with E-state index in [0.717, 1.165) is 18.4 Å². The van der Waals surface area contributed by atoms with E-state index in [0.29, 0.717) is 0 Å². The van der Waals surface area contributed by atoms with Crippen LogP contribution in [0.3, 0.4) is 0 Å². The molecule has 20 heavy (non-hydrogen) atoms. The lowest BCUT2D eigenvalue weighted by molar-refractivity contribution is -0.126. The Hall–Kier alpha value is -2.08. The van der Waals surface area contributed by atoms with Gasteiger partial charge >= 0.3 is 0 Å². The van der Waals surface area contributed by atoms with Gasteiger partial charge in [-0.2, -0.15) is 0 Å². The average Bonchev–Trinajstić information content (AvgIpc) is 2.37. The van der Waals surface area contributed by atoms with Crippen molar-refractivity contribution in [1.29, 1.82) is 0 Å². The number of rotatable bonds is 7. The van der Waals surface area contributed by atoms with Crippen LogP contribution in [-0.4, -0.2) is 29.0 Å². The van der Waals surface area contributed by atoms with Gasteiger partial charge in [-0.05, 0) is 37.5 Å². The molecule has 0 fully saturated rings. The second-order valence-corrected chi connectivity index (χ2v) is 4.89. The molecule has 0 aliphatic heterocycles. The summed E-state index contributed by atoms with van der Waals surface area (Å²) in [5.41, 5.74) is 11.6. The van der Waals surface area contributed by atoms with E-state index in [1.807, 2.05) is 19.1 Å². The van der Waals surface area contributed by atoms with Crippen LogP contribution in [0.5, 0.6) is 5.75 Å². The van der Waals surface area contributed by atoms with E-state index in [9.17, 15) is 14.7 Å². The fourth-order valence-corrected chi connectivity index (χ4v) is 1.78. The summed E-state index contributed by atoms with van der Waals surface area (Å²) >= 11 is 0. The quantitative estimate of drug-likeness (QED) is 0.563. The van der Waals surface area contributed by atoms with Gasteiger partial charge in [0.2, 0.25) is 11.8 Å². The molecule has 110 valence electrons. The Morgan fingerprint density at radius 1 is 1.30 bits per heavy atom. The number of amides is 2. The van der Waals surface area contributed by atoms with Gasteiger partial charge < -0.3 is 21.9 Å². The van der Waals surface area contributed by atoms with E-state index in [-0.39, 0.29) is 24.1 Å². The normalized spacial score (nSPS) is 13.5. The van der Waals surface area contributed by atoms with E-state index in [4.69, 9.17) is 11.5 Å². The molecule has 0 bridgehead atoms. The third-order valence-electron chi connectivity index (χ3n) is 2.95. The number of carbonyl (C=O) groups is 2. The van der Waals surface area contributed by atoms with Gasteiger partial charge in [0.15, 0.2) is 0 Å². The fourth-order valence-electron chi connectivity index (χ4n) is 1.78. The smallest absolute Gasteiger partial charge is 0.237 e. The van der Waals surface area contributed by atoms with Crippen LogP contribution in [0.15, 0.2) is 24.3 Å². The number of phenols is 1. The summed E-state index contributed by atoms with van der Waals surface area (Å²) in [7, 11) is 0. The molecule has 2 atom stereocenters. The molecule has 0 heterocycles. The van der Waals surface area contributed by atoms with Gasteiger partial charge in [-0.1, -0.05) is 12.1 Å². The molecule has 1 aromatic rings. The van der Waals surface area contributed by atoms with Crippen LogP contribution in [0.1, 0.15) is 25.3 Å².